The van der Waals surface area contributed by atoms with Crippen molar-refractivity contribution in [1.29, 1.82) is 0 Å². The second kappa shape index (κ2) is 7.91. The molecule has 0 aromatic rings. The molecule has 0 aromatic carbocycles. The Morgan fingerprint density at radius 1 is 1.14 bits per heavy atom. The van der Waals surface area contributed by atoms with Crippen molar-refractivity contribution >= 4 is 17.7 Å². The monoisotopic (exact) mass is 234 g/mol. The normalized spacial score (nSPS) is 18.9. The fourth-order valence-corrected chi connectivity index (χ4v) is 0.801. The summed E-state index contributed by atoms with van der Waals surface area (Å²) in [6.07, 6.45) is -7.27. The summed E-state index contributed by atoms with van der Waals surface area (Å²) in [6, 6.07) is 0. The summed E-state index contributed by atoms with van der Waals surface area (Å²) in [4.78, 5) is 10.4. The average molecular weight is 234 g/mol. The van der Waals surface area contributed by atoms with E-state index in [-0.39, 0.29) is 29.6 Å². The summed E-state index contributed by atoms with van der Waals surface area (Å²) < 4.78 is 0. The number of carbonyl (C=O) groups is 1. The Hall–Kier alpha value is 0.690. The predicted octanol–water partition coefficient (Wildman–Crippen LogP) is -6.50. The first-order valence-corrected chi connectivity index (χ1v) is 3.86. The van der Waals surface area contributed by atoms with Gasteiger partial charge in [-0.2, -0.15) is 0 Å². The van der Waals surface area contributed by atoms with Gasteiger partial charge in [0.25, 0.3) is 0 Å². The van der Waals surface area contributed by atoms with Gasteiger partial charge in [-0.1, -0.05) is 0 Å². The molecule has 0 fully saturated rings. The van der Waals surface area contributed by atoms with Crippen LogP contribution >= 0.6 is 0 Å². The molecule has 0 bridgehead atoms. The summed E-state index contributed by atoms with van der Waals surface area (Å²) in [5, 5.41) is 42.9. The molecule has 0 rings (SSSR count). The van der Waals surface area contributed by atoms with Crippen LogP contribution in [-0.2, 0) is 17.4 Å². The Labute approximate surface area is 108 Å². The fraction of sp³-hybridized carbons (Fsp3) is 0.833. The summed E-state index contributed by atoms with van der Waals surface area (Å²) in [5.74, 6) is 0. The molecule has 78 valence electrons. The molecule has 0 aliphatic rings. The molecule has 0 unspecified atom stereocenters. The van der Waals surface area contributed by atoms with E-state index in [0.29, 0.717) is 0 Å². The van der Waals surface area contributed by atoms with Gasteiger partial charge in [0.15, 0.2) is 0 Å². The Morgan fingerprint density at radius 3 is 1.86 bits per heavy atom. The first-order chi connectivity index (χ1) is 5.91. The first kappa shape index (κ1) is 17.1. The number of aliphatic hydroxyl groups excluding tert-OH is 5. The molecule has 4 atom stereocenters. The van der Waals surface area contributed by atoms with Crippen LogP contribution in [0.2, 0.25) is 0 Å². The zero-order chi connectivity index (χ0) is 10.6. The smallest absolute Gasteiger partial charge is 0.739 e. The zero-order valence-corrected chi connectivity index (χ0v) is 10.4. The van der Waals surface area contributed by atoms with Crippen LogP contribution in [0.4, 0.5) is 0 Å². The van der Waals surface area contributed by atoms with Gasteiger partial charge in [-0.3, -0.25) is 0 Å². The van der Waals surface area contributed by atoms with Gasteiger partial charge < -0.3 is 43.0 Å². The fourth-order valence-electron chi connectivity index (χ4n) is 0.662. The quantitative estimate of drug-likeness (QED) is 0.237. The van der Waals surface area contributed by atoms with E-state index in [4.69, 9.17) is 25.5 Å². The van der Waals surface area contributed by atoms with Gasteiger partial charge in [0, 0.05) is 5.12 Å². The Balaban J connectivity index is 0. The molecule has 8 heteroatoms. The van der Waals surface area contributed by atoms with Crippen LogP contribution in [0.5, 0.6) is 0 Å². The van der Waals surface area contributed by atoms with Crippen LogP contribution in [0, 0.1) is 0 Å². The number of rotatable bonds is 5. The zero-order valence-electron chi connectivity index (χ0n) is 7.57. The third kappa shape index (κ3) is 4.96. The second-order valence-corrected chi connectivity index (χ2v) is 2.90. The molecular weight excluding hydrogens is 223 g/mol. The summed E-state index contributed by atoms with van der Waals surface area (Å²) >= 11 is 4.02. The summed E-state index contributed by atoms with van der Waals surface area (Å²) in [7, 11) is 0. The molecule has 0 saturated carbocycles. The van der Waals surface area contributed by atoms with Crippen LogP contribution in [0.25, 0.3) is 0 Å². The minimum absolute atomic E-state index is 0. The van der Waals surface area contributed by atoms with Crippen LogP contribution in [0.1, 0.15) is 0 Å². The molecule has 0 spiro atoms. The molecule has 5 N–H and O–H groups in total. The molecule has 0 heterocycles. The van der Waals surface area contributed by atoms with Crippen molar-refractivity contribution < 1.29 is 59.9 Å². The van der Waals surface area contributed by atoms with Crippen LogP contribution in [-0.4, -0.2) is 61.7 Å². The van der Waals surface area contributed by atoms with Gasteiger partial charge in [0.1, 0.15) is 24.4 Å². The third-order valence-electron chi connectivity index (χ3n) is 1.50. The van der Waals surface area contributed by atoms with Crippen LogP contribution in [0.15, 0.2) is 0 Å². The maximum Gasteiger partial charge on any atom is 1.00 e. The van der Waals surface area contributed by atoms with Gasteiger partial charge in [0.2, 0.25) is 0 Å². The minimum atomic E-state index is -1.94. The maximum atomic E-state index is 10.4. The van der Waals surface area contributed by atoms with E-state index >= 15 is 0 Å². The minimum Gasteiger partial charge on any atom is -0.739 e. The standard InChI is InChI=1S/C6H12O6S.Na/c7-1-2(8)3(9)4(10)5(11)6(12)13;/h2-5,7-11H,1H2,(H,12,13);/q;+1/p-1/t2-,3+,4-,5-;/m1./s1. The molecule has 14 heavy (non-hydrogen) atoms. The molecule has 0 amide bonds. The molecule has 0 radical (unpaired) electrons. The Morgan fingerprint density at radius 2 is 1.57 bits per heavy atom. The van der Waals surface area contributed by atoms with E-state index in [9.17, 15) is 4.79 Å². The second-order valence-electron chi connectivity index (χ2n) is 2.49. The van der Waals surface area contributed by atoms with Gasteiger partial charge in [-0.25, -0.2) is 0 Å². The Kier molecular flexibility index (Phi) is 9.66. The number of aliphatic hydroxyl groups is 5. The summed E-state index contributed by atoms with van der Waals surface area (Å²) in [5.41, 5.74) is 0. The van der Waals surface area contributed by atoms with Crippen LogP contribution in [0.3, 0.4) is 0 Å². The van der Waals surface area contributed by atoms with Gasteiger partial charge >= 0.3 is 29.6 Å². The van der Waals surface area contributed by atoms with Crippen molar-refractivity contribution in [3.63, 3.8) is 0 Å². The van der Waals surface area contributed by atoms with E-state index in [1.807, 2.05) is 0 Å². The van der Waals surface area contributed by atoms with Crippen molar-refractivity contribution in [2.24, 2.45) is 0 Å². The Bertz CT molecular complexity index is 180. The molecule has 0 saturated heterocycles. The van der Waals surface area contributed by atoms with E-state index < -0.39 is 36.1 Å². The van der Waals surface area contributed by atoms with Crippen molar-refractivity contribution in [3.8, 4) is 0 Å². The molecule has 0 aromatic heterocycles. The van der Waals surface area contributed by atoms with E-state index in [1.165, 1.54) is 0 Å². The molecule has 6 nitrogen and oxygen atoms in total. The topological polar surface area (TPSA) is 118 Å². The van der Waals surface area contributed by atoms with Crippen molar-refractivity contribution in [2.75, 3.05) is 6.61 Å². The van der Waals surface area contributed by atoms with Crippen molar-refractivity contribution in [1.82, 2.24) is 0 Å². The number of hydrogen-bond donors (Lipinski definition) is 5. The SMILES string of the molecule is O=C([S-])[C@H](O)[C@H](O)[C@@H](O)[C@H](O)CO.[Na+]. The van der Waals surface area contributed by atoms with Gasteiger partial charge in [-0.15, -0.1) is 0 Å². The molecule has 0 aliphatic carbocycles. The third-order valence-corrected chi connectivity index (χ3v) is 1.74. The van der Waals surface area contributed by atoms with E-state index in [0.717, 1.165) is 0 Å². The number of carbonyl (C=O) groups excluding carboxylic acids is 1. The molecular formula is C6H11NaO6S. The van der Waals surface area contributed by atoms with Crippen LogP contribution < -0.4 is 29.6 Å². The van der Waals surface area contributed by atoms with Gasteiger partial charge in [0.05, 0.1) is 6.61 Å². The molecule has 0 aliphatic heterocycles. The maximum absolute atomic E-state index is 10.4. The van der Waals surface area contributed by atoms with E-state index in [2.05, 4.69) is 12.6 Å². The first-order valence-electron chi connectivity index (χ1n) is 3.45. The summed E-state index contributed by atoms with van der Waals surface area (Å²) in [6.45, 7) is -0.795. The van der Waals surface area contributed by atoms with Crippen molar-refractivity contribution in [3.05, 3.63) is 0 Å². The predicted molar refractivity (Wildman–Crippen MR) is 43.5 cm³/mol. The van der Waals surface area contributed by atoms with E-state index in [1.54, 1.807) is 0 Å². The number of hydrogen-bond acceptors (Lipinski definition) is 7. The van der Waals surface area contributed by atoms with Crippen molar-refractivity contribution in [2.45, 2.75) is 24.4 Å². The largest absolute Gasteiger partial charge is 1.00 e. The van der Waals surface area contributed by atoms with Gasteiger partial charge in [-0.05, 0) is 0 Å². The average Bonchev–Trinajstić information content (AvgIpc) is 2.12.